The van der Waals surface area contributed by atoms with Crippen LogP contribution in [0.25, 0.3) is 6.08 Å². The van der Waals surface area contributed by atoms with Crippen molar-refractivity contribution in [1.82, 2.24) is 10.3 Å². The zero-order valence-electron chi connectivity index (χ0n) is 17.8. The van der Waals surface area contributed by atoms with E-state index in [1.54, 1.807) is 0 Å². The number of unbranched alkanes of at least 4 members (excludes halogenated alkanes) is 9. The van der Waals surface area contributed by atoms with Gasteiger partial charge in [0.2, 0.25) is 0 Å². The largest absolute Gasteiger partial charge is 0.491 e. The highest BCUT2D eigenvalue weighted by Crippen LogP contribution is 2.19. The van der Waals surface area contributed by atoms with Crippen LogP contribution in [0.15, 0.2) is 29.7 Å². The lowest BCUT2D eigenvalue weighted by Crippen LogP contribution is -2.14. The summed E-state index contributed by atoms with van der Waals surface area (Å²) >= 11 is 0. The van der Waals surface area contributed by atoms with Gasteiger partial charge in [-0.1, -0.05) is 71.6 Å². The van der Waals surface area contributed by atoms with Crippen LogP contribution in [0.2, 0.25) is 0 Å². The number of carbonyl (C=O) groups is 1. The number of aryl methyl sites for hydroxylation is 1. The van der Waals surface area contributed by atoms with Crippen LogP contribution in [0.4, 0.5) is 0 Å². The monoisotopic (exact) mass is 386 g/mol. The van der Waals surface area contributed by atoms with Crippen LogP contribution in [0.3, 0.4) is 0 Å². The number of ether oxygens (including phenoxy) is 1. The minimum atomic E-state index is -0.112. The van der Waals surface area contributed by atoms with Crippen molar-refractivity contribution in [3.63, 3.8) is 0 Å². The molecule has 156 valence electrons. The maximum atomic E-state index is 11.7. The average Bonchev–Trinajstić information content (AvgIpc) is 3.27. The van der Waals surface area contributed by atoms with Crippen molar-refractivity contribution < 1.29 is 9.53 Å². The molecular formula is C24H38N2O2. The second-order valence-corrected chi connectivity index (χ2v) is 7.78. The lowest BCUT2D eigenvalue weighted by molar-refractivity contribution is -0.115. The van der Waals surface area contributed by atoms with Gasteiger partial charge in [0.25, 0.3) is 5.91 Å². The Bertz CT molecular complexity index is 643. The van der Waals surface area contributed by atoms with Crippen LogP contribution in [0, 0.1) is 0 Å². The molecule has 0 saturated carbocycles. The van der Waals surface area contributed by atoms with E-state index in [9.17, 15) is 4.79 Å². The van der Waals surface area contributed by atoms with Gasteiger partial charge in [0.15, 0.2) is 0 Å². The molecule has 0 aromatic carbocycles. The third-order valence-corrected chi connectivity index (χ3v) is 5.16. The Morgan fingerprint density at radius 2 is 1.57 bits per heavy atom. The molecule has 0 bridgehead atoms. The summed E-state index contributed by atoms with van der Waals surface area (Å²) in [6, 6.07) is 4.22. The molecule has 1 aliphatic heterocycles. The Balaban J connectivity index is 1.69. The molecule has 0 atom stereocenters. The number of aromatic nitrogens is 1. The lowest BCUT2D eigenvalue weighted by Gasteiger charge is -2.07. The van der Waals surface area contributed by atoms with E-state index in [1.165, 1.54) is 69.6 Å². The fraction of sp³-hybridized carbons (Fsp3) is 0.625. The number of aromatic amines is 1. The zero-order valence-corrected chi connectivity index (χ0v) is 17.8. The van der Waals surface area contributed by atoms with Crippen molar-refractivity contribution in [3.8, 4) is 0 Å². The number of nitrogens with one attached hydrogen (secondary N) is 2. The number of rotatable bonds is 15. The summed E-state index contributed by atoms with van der Waals surface area (Å²) in [5.74, 6) is 0.535. The van der Waals surface area contributed by atoms with E-state index in [0.717, 1.165) is 30.7 Å². The summed E-state index contributed by atoms with van der Waals surface area (Å²) in [7, 11) is 0. The first kappa shape index (κ1) is 22.3. The van der Waals surface area contributed by atoms with E-state index in [2.05, 4.69) is 36.3 Å². The number of hydrogen-bond acceptors (Lipinski definition) is 2. The number of amides is 1. The first-order valence-corrected chi connectivity index (χ1v) is 11.3. The molecular weight excluding hydrogens is 348 g/mol. The third kappa shape index (κ3) is 8.37. The molecule has 0 unspecified atom stereocenters. The van der Waals surface area contributed by atoms with Gasteiger partial charge in [0.05, 0.1) is 12.3 Å². The summed E-state index contributed by atoms with van der Waals surface area (Å²) in [6.45, 7) is 5.03. The summed E-state index contributed by atoms with van der Waals surface area (Å²) in [4.78, 5) is 15.1. The molecule has 2 rings (SSSR count). The van der Waals surface area contributed by atoms with Gasteiger partial charge in [-0.15, -0.1) is 0 Å². The van der Waals surface area contributed by atoms with Gasteiger partial charge in [-0.05, 0) is 37.5 Å². The van der Waals surface area contributed by atoms with Crippen molar-refractivity contribution >= 4 is 12.0 Å². The van der Waals surface area contributed by atoms with E-state index >= 15 is 0 Å². The van der Waals surface area contributed by atoms with E-state index in [4.69, 9.17) is 4.74 Å². The second-order valence-electron chi connectivity index (χ2n) is 7.78. The van der Waals surface area contributed by atoms with Crippen LogP contribution in [-0.2, 0) is 16.0 Å². The van der Waals surface area contributed by atoms with Gasteiger partial charge in [-0.3, -0.25) is 4.79 Å². The Kier molecular flexibility index (Phi) is 10.6. The summed E-state index contributed by atoms with van der Waals surface area (Å²) in [6.07, 6.45) is 18.8. The smallest absolute Gasteiger partial charge is 0.252 e. The molecule has 28 heavy (non-hydrogen) atoms. The van der Waals surface area contributed by atoms with Crippen LogP contribution >= 0.6 is 0 Å². The Morgan fingerprint density at radius 3 is 2.29 bits per heavy atom. The Hall–Kier alpha value is -1.97. The summed E-state index contributed by atoms with van der Waals surface area (Å²) in [5, 5.41) is 2.86. The molecule has 2 N–H and O–H groups in total. The van der Waals surface area contributed by atoms with Crippen LogP contribution in [0.5, 0.6) is 0 Å². The number of carbonyl (C=O) groups excluding carboxylic acids is 1. The van der Waals surface area contributed by atoms with Crippen LogP contribution < -0.4 is 5.32 Å². The predicted octanol–water partition coefficient (Wildman–Crippen LogP) is 6.26. The first-order valence-electron chi connectivity index (χ1n) is 11.3. The molecule has 0 radical (unpaired) electrons. The number of hydrogen-bond donors (Lipinski definition) is 2. The zero-order chi connectivity index (χ0) is 20.0. The molecule has 0 fully saturated rings. The van der Waals surface area contributed by atoms with Gasteiger partial charge in [-0.25, -0.2) is 0 Å². The topological polar surface area (TPSA) is 54.1 Å². The fourth-order valence-corrected chi connectivity index (χ4v) is 3.45. The molecule has 4 nitrogen and oxygen atoms in total. The van der Waals surface area contributed by atoms with Crippen molar-refractivity contribution in [1.29, 1.82) is 0 Å². The third-order valence-electron chi connectivity index (χ3n) is 5.16. The minimum Gasteiger partial charge on any atom is -0.491 e. The molecule has 0 spiro atoms. The summed E-state index contributed by atoms with van der Waals surface area (Å²) in [5.41, 5.74) is 3.02. The summed E-state index contributed by atoms with van der Waals surface area (Å²) < 4.78 is 5.73. The van der Waals surface area contributed by atoms with Gasteiger partial charge in [-0.2, -0.15) is 0 Å². The minimum absolute atomic E-state index is 0.112. The lowest BCUT2D eigenvalue weighted by atomic mass is 10.1. The van der Waals surface area contributed by atoms with Crippen LogP contribution in [-0.4, -0.2) is 17.5 Å². The predicted molar refractivity (Wildman–Crippen MR) is 117 cm³/mol. The molecule has 2 heterocycles. The van der Waals surface area contributed by atoms with Crippen LogP contribution in [0.1, 0.15) is 95.9 Å². The Morgan fingerprint density at radius 1 is 0.893 bits per heavy atom. The van der Waals surface area contributed by atoms with E-state index in [-0.39, 0.29) is 5.91 Å². The fourth-order valence-electron chi connectivity index (χ4n) is 3.45. The van der Waals surface area contributed by atoms with Crippen molar-refractivity contribution in [2.45, 2.75) is 90.9 Å². The molecule has 1 aromatic rings. The molecule has 1 aliphatic rings. The van der Waals surface area contributed by atoms with E-state index in [0.29, 0.717) is 12.4 Å². The quantitative estimate of drug-likeness (QED) is 0.350. The maximum Gasteiger partial charge on any atom is 0.252 e. The highest BCUT2D eigenvalue weighted by atomic mass is 16.5. The van der Waals surface area contributed by atoms with Gasteiger partial charge >= 0.3 is 0 Å². The van der Waals surface area contributed by atoms with E-state index in [1.807, 2.05) is 6.08 Å². The molecule has 0 saturated heterocycles. The SMILES string of the molecule is CCCCCCCCCCCc1ccc(/C=C2\NC(=O)C=C2OCCCC)[nH]1. The molecule has 1 aromatic heterocycles. The average molecular weight is 387 g/mol. The van der Waals surface area contributed by atoms with Gasteiger partial charge in [0.1, 0.15) is 5.76 Å². The molecule has 0 aliphatic carbocycles. The first-order chi connectivity index (χ1) is 13.7. The standard InChI is InChI=1S/C24H38N2O2/c1-3-5-7-8-9-10-11-12-13-14-20-15-16-21(25-20)18-22-23(19-24(27)26-22)28-17-6-4-2/h15-16,18-19,25H,3-14,17H2,1-2H3,(H,26,27)/b22-18-. The van der Waals surface area contributed by atoms with Crippen molar-refractivity contribution in [2.75, 3.05) is 6.61 Å². The van der Waals surface area contributed by atoms with Gasteiger partial charge < -0.3 is 15.0 Å². The molecule has 4 heteroatoms. The normalized spacial score (nSPS) is 15.1. The van der Waals surface area contributed by atoms with E-state index < -0.39 is 0 Å². The highest BCUT2D eigenvalue weighted by Gasteiger charge is 2.18. The molecule has 1 amide bonds. The van der Waals surface area contributed by atoms with Gasteiger partial charge in [0, 0.05) is 17.5 Å². The number of H-pyrrole nitrogens is 1. The second kappa shape index (κ2) is 13.2. The Labute approximate surface area is 170 Å². The van der Waals surface area contributed by atoms with Crippen molar-refractivity contribution in [2.24, 2.45) is 0 Å². The highest BCUT2D eigenvalue weighted by molar-refractivity contribution is 5.95. The van der Waals surface area contributed by atoms with Crippen molar-refractivity contribution in [3.05, 3.63) is 41.1 Å². The maximum absolute atomic E-state index is 11.7.